The Kier molecular flexibility index (Phi) is 4.74. The molecule has 1 atom stereocenters. The number of anilines is 1. The minimum absolute atomic E-state index is 0.146. The van der Waals surface area contributed by atoms with E-state index < -0.39 is 10.0 Å². The molecular weight excluding hydrogens is 352 g/mol. The Morgan fingerprint density at radius 3 is 2.69 bits per heavy atom. The molecule has 4 rings (SSSR count). The first-order valence-electron chi connectivity index (χ1n) is 8.82. The van der Waals surface area contributed by atoms with Crippen LogP contribution in [0.4, 0.5) is 5.69 Å². The van der Waals surface area contributed by atoms with Gasteiger partial charge in [-0.25, -0.2) is 13.1 Å². The maximum atomic E-state index is 12.8. The Hall–Kier alpha value is -2.25. The summed E-state index contributed by atoms with van der Waals surface area (Å²) in [6, 6.07) is 15.2. The van der Waals surface area contributed by atoms with E-state index in [-0.39, 0.29) is 10.8 Å². The lowest BCUT2D eigenvalue weighted by Crippen LogP contribution is -2.31. The third kappa shape index (κ3) is 3.50. The smallest absolute Gasteiger partial charge is 0.244 e. The monoisotopic (exact) mass is 374 g/mol. The molecule has 0 spiro atoms. The maximum absolute atomic E-state index is 12.8. The van der Waals surface area contributed by atoms with Crippen LogP contribution in [0.2, 0.25) is 0 Å². The summed E-state index contributed by atoms with van der Waals surface area (Å²) in [4.78, 5) is 2.44. The summed E-state index contributed by atoms with van der Waals surface area (Å²) in [7, 11) is -3.64. The number of hydrogen-bond acceptors (Lipinski definition) is 5. The van der Waals surface area contributed by atoms with Gasteiger partial charge in [-0.05, 0) is 36.6 Å². The zero-order valence-electron chi connectivity index (χ0n) is 14.4. The van der Waals surface area contributed by atoms with E-state index in [1.54, 1.807) is 18.2 Å². The highest BCUT2D eigenvalue weighted by atomic mass is 32.2. The molecule has 1 fully saturated rings. The third-order valence-electron chi connectivity index (χ3n) is 4.79. The van der Waals surface area contributed by atoms with Crippen LogP contribution in [0.5, 0.6) is 11.5 Å². The summed E-state index contributed by atoms with van der Waals surface area (Å²) >= 11 is 0. The van der Waals surface area contributed by atoms with E-state index in [9.17, 15) is 8.42 Å². The van der Waals surface area contributed by atoms with E-state index in [0.29, 0.717) is 31.3 Å². The molecule has 1 saturated heterocycles. The number of benzene rings is 2. The molecule has 2 aliphatic heterocycles. The van der Waals surface area contributed by atoms with Crippen LogP contribution in [-0.2, 0) is 10.0 Å². The van der Waals surface area contributed by atoms with Crippen molar-refractivity contribution in [2.24, 2.45) is 5.92 Å². The van der Waals surface area contributed by atoms with Crippen LogP contribution in [0.1, 0.15) is 6.42 Å². The minimum atomic E-state index is -3.64. The summed E-state index contributed by atoms with van der Waals surface area (Å²) in [5.74, 6) is 1.07. The molecular formula is C19H22N2O4S. The highest BCUT2D eigenvalue weighted by Crippen LogP contribution is 2.36. The second-order valence-corrected chi connectivity index (χ2v) is 8.30. The maximum Gasteiger partial charge on any atom is 0.244 e. The van der Waals surface area contributed by atoms with Crippen LogP contribution in [0.15, 0.2) is 53.4 Å². The lowest BCUT2D eigenvalue weighted by molar-refractivity contribution is 0.167. The molecule has 0 radical (unpaired) electrons. The summed E-state index contributed by atoms with van der Waals surface area (Å²) < 4.78 is 39.3. The zero-order valence-corrected chi connectivity index (χ0v) is 15.2. The van der Waals surface area contributed by atoms with Crippen LogP contribution < -0.4 is 19.1 Å². The lowest BCUT2D eigenvalue weighted by Gasteiger charge is -2.21. The van der Waals surface area contributed by atoms with Gasteiger partial charge in [0.25, 0.3) is 0 Å². The van der Waals surface area contributed by atoms with E-state index in [1.807, 2.05) is 18.2 Å². The van der Waals surface area contributed by atoms with Crippen molar-refractivity contribution in [3.8, 4) is 11.5 Å². The van der Waals surface area contributed by atoms with E-state index >= 15 is 0 Å². The van der Waals surface area contributed by atoms with Crippen molar-refractivity contribution in [2.75, 3.05) is 37.7 Å². The van der Waals surface area contributed by atoms with Crippen molar-refractivity contribution in [1.29, 1.82) is 0 Å². The van der Waals surface area contributed by atoms with Gasteiger partial charge in [-0.2, -0.15) is 0 Å². The van der Waals surface area contributed by atoms with Gasteiger partial charge in [-0.3, -0.25) is 0 Å². The fraction of sp³-hybridized carbons (Fsp3) is 0.368. The van der Waals surface area contributed by atoms with Gasteiger partial charge in [-0.1, -0.05) is 24.3 Å². The quantitative estimate of drug-likeness (QED) is 0.870. The van der Waals surface area contributed by atoms with Crippen molar-refractivity contribution in [2.45, 2.75) is 11.3 Å². The van der Waals surface area contributed by atoms with Gasteiger partial charge in [-0.15, -0.1) is 0 Å². The Morgan fingerprint density at radius 1 is 1.04 bits per heavy atom. The molecule has 0 amide bonds. The molecule has 2 aromatic carbocycles. The molecule has 0 aliphatic carbocycles. The number of rotatable bonds is 5. The number of fused-ring (bicyclic) bond motifs is 1. The summed E-state index contributed by atoms with van der Waals surface area (Å²) in [5.41, 5.74) is 1.18. The van der Waals surface area contributed by atoms with Gasteiger partial charge >= 0.3 is 0 Å². The normalized spacial score (nSPS) is 19.5. The van der Waals surface area contributed by atoms with Crippen molar-refractivity contribution in [1.82, 2.24) is 4.72 Å². The molecule has 2 heterocycles. The first kappa shape index (κ1) is 17.2. The van der Waals surface area contributed by atoms with Gasteiger partial charge in [0.2, 0.25) is 10.0 Å². The van der Waals surface area contributed by atoms with Crippen LogP contribution in [0.25, 0.3) is 0 Å². The average molecular weight is 374 g/mol. The van der Waals surface area contributed by atoms with Crippen molar-refractivity contribution in [3.63, 3.8) is 0 Å². The van der Waals surface area contributed by atoms with Crippen molar-refractivity contribution in [3.05, 3.63) is 48.5 Å². The second-order valence-electron chi connectivity index (χ2n) is 6.57. The van der Waals surface area contributed by atoms with E-state index in [0.717, 1.165) is 19.5 Å². The zero-order chi connectivity index (χ0) is 18.0. The Labute approximate surface area is 153 Å². The number of hydrogen-bond donors (Lipinski definition) is 1. The summed E-state index contributed by atoms with van der Waals surface area (Å²) in [6.45, 7) is 2.98. The highest BCUT2D eigenvalue weighted by molar-refractivity contribution is 7.89. The Balaban J connectivity index is 1.42. The average Bonchev–Trinajstić information content (AvgIpc) is 3.16. The topological polar surface area (TPSA) is 67.9 Å². The number of ether oxygens (including phenoxy) is 2. The molecule has 138 valence electrons. The SMILES string of the molecule is O=S(=O)(NCC1CCN(c2ccccc2)C1)c1cccc2c1OCCO2. The molecule has 0 aromatic heterocycles. The van der Waals surface area contributed by atoms with Crippen LogP contribution in [0, 0.1) is 5.92 Å². The summed E-state index contributed by atoms with van der Waals surface area (Å²) in [5, 5.41) is 0. The lowest BCUT2D eigenvalue weighted by atomic mass is 10.1. The molecule has 7 heteroatoms. The predicted molar refractivity (Wildman–Crippen MR) is 99.4 cm³/mol. The minimum Gasteiger partial charge on any atom is -0.486 e. The van der Waals surface area contributed by atoms with Gasteiger partial charge in [0, 0.05) is 25.3 Å². The van der Waals surface area contributed by atoms with Crippen LogP contribution >= 0.6 is 0 Å². The number of nitrogens with one attached hydrogen (secondary N) is 1. The van der Waals surface area contributed by atoms with Crippen molar-refractivity contribution >= 4 is 15.7 Å². The number of para-hydroxylation sites is 2. The van der Waals surface area contributed by atoms with Gasteiger partial charge < -0.3 is 14.4 Å². The molecule has 2 aromatic rings. The largest absolute Gasteiger partial charge is 0.486 e. The molecule has 0 bridgehead atoms. The van der Waals surface area contributed by atoms with Gasteiger partial charge in [0.05, 0.1) is 0 Å². The first-order valence-corrected chi connectivity index (χ1v) is 10.3. The molecule has 6 nitrogen and oxygen atoms in total. The fourth-order valence-corrected chi connectivity index (χ4v) is 4.71. The van der Waals surface area contributed by atoms with E-state index in [2.05, 4.69) is 21.8 Å². The van der Waals surface area contributed by atoms with Gasteiger partial charge in [0.1, 0.15) is 18.1 Å². The number of sulfonamides is 1. The standard InChI is InChI=1S/C19H22N2O4S/c22-26(23,18-8-4-7-17-19(18)25-12-11-24-17)20-13-15-9-10-21(14-15)16-5-2-1-3-6-16/h1-8,15,20H,9-14H2. The van der Waals surface area contributed by atoms with E-state index in [1.165, 1.54) is 5.69 Å². The molecule has 0 saturated carbocycles. The molecule has 26 heavy (non-hydrogen) atoms. The fourth-order valence-electron chi connectivity index (χ4n) is 3.44. The first-order chi connectivity index (χ1) is 12.6. The predicted octanol–water partition coefficient (Wildman–Crippen LogP) is 2.26. The van der Waals surface area contributed by atoms with Crippen LogP contribution in [0.3, 0.4) is 0 Å². The Bertz CT molecular complexity index is 870. The summed E-state index contributed by atoms with van der Waals surface area (Å²) in [6.07, 6.45) is 0.962. The van der Waals surface area contributed by atoms with Gasteiger partial charge in [0.15, 0.2) is 11.5 Å². The van der Waals surface area contributed by atoms with Crippen molar-refractivity contribution < 1.29 is 17.9 Å². The molecule has 1 N–H and O–H groups in total. The van der Waals surface area contributed by atoms with Crippen LogP contribution in [-0.4, -0.2) is 41.3 Å². The molecule has 2 aliphatic rings. The molecule has 1 unspecified atom stereocenters. The highest BCUT2D eigenvalue weighted by Gasteiger charge is 2.28. The van der Waals surface area contributed by atoms with E-state index in [4.69, 9.17) is 9.47 Å². The number of nitrogens with zero attached hydrogens (tertiary/aromatic N) is 1. The second kappa shape index (κ2) is 7.17. The third-order valence-corrected chi connectivity index (χ3v) is 6.24. The Morgan fingerprint density at radius 2 is 1.85 bits per heavy atom.